The summed E-state index contributed by atoms with van der Waals surface area (Å²) in [5.41, 5.74) is 2.00. The van der Waals surface area contributed by atoms with Crippen molar-refractivity contribution in [2.24, 2.45) is 0 Å². The van der Waals surface area contributed by atoms with E-state index in [1.165, 1.54) is 11.5 Å². The molecule has 90 valence electrons. The highest BCUT2D eigenvalue weighted by atomic mass is 79.9. The van der Waals surface area contributed by atoms with Gasteiger partial charge in [0.05, 0.1) is 16.7 Å². The van der Waals surface area contributed by atoms with Crippen LogP contribution >= 0.6 is 27.5 Å². The highest BCUT2D eigenvalue weighted by molar-refractivity contribution is 9.10. The summed E-state index contributed by atoms with van der Waals surface area (Å²) >= 11 is 4.71. The first-order valence-corrected chi connectivity index (χ1v) is 7.01. The van der Waals surface area contributed by atoms with E-state index in [0.717, 1.165) is 27.0 Å². The molecule has 0 spiro atoms. The van der Waals surface area contributed by atoms with E-state index in [-0.39, 0.29) is 0 Å². The molecule has 17 heavy (non-hydrogen) atoms. The number of aromatic nitrogens is 2. The molecule has 2 aromatic rings. The van der Waals surface area contributed by atoms with Crippen LogP contribution in [0.1, 0.15) is 29.2 Å². The molecule has 1 atom stereocenters. The van der Waals surface area contributed by atoms with E-state index in [4.69, 9.17) is 0 Å². The van der Waals surface area contributed by atoms with Crippen molar-refractivity contribution in [1.82, 2.24) is 9.59 Å². The van der Waals surface area contributed by atoms with Crippen LogP contribution in [0.5, 0.6) is 0 Å². The third kappa shape index (κ3) is 3.12. The number of hydrogen-bond acceptors (Lipinski definition) is 4. The number of aliphatic hydroxyl groups excluding tert-OH is 1. The van der Waals surface area contributed by atoms with Gasteiger partial charge in [-0.2, -0.15) is 0 Å². The average molecular weight is 313 g/mol. The quantitative estimate of drug-likeness (QED) is 0.943. The minimum atomic E-state index is -0.515. The highest BCUT2D eigenvalue weighted by Crippen LogP contribution is 2.25. The summed E-state index contributed by atoms with van der Waals surface area (Å²) in [6, 6.07) is 7.97. The lowest BCUT2D eigenvalue weighted by atomic mass is 10.1. The summed E-state index contributed by atoms with van der Waals surface area (Å²) < 4.78 is 4.92. The number of aryl methyl sites for hydroxylation is 1. The van der Waals surface area contributed by atoms with E-state index in [2.05, 4.69) is 25.5 Å². The van der Waals surface area contributed by atoms with Crippen LogP contribution in [0.2, 0.25) is 0 Å². The Hall–Kier alpha value is -0.780. The zero-order valence-corrected chi connectivity index (χ0v) is 11.8. The molecular weight excluding hydrogens is 300 g/mol. The Kier molecular flexibility index (Phi) is 4.25. The van der Waals surface area contributed by atoms with Gasteiger partial charge in [-0.25, -0.2) is 0 Å². The largest absolute Gasteiger partial charge is 0.387 e. The lowest BCUT2D eigenvalue weighted by Crippen LogP contribution is -2.02. The van der Waals surface area contributed by atoms with Gasteiger partial charge in [-0.15, -0.1) is 5.10 Å². The second-order valence-electron chi connectivity index (χ2n) is 3.79. The van der Waals surface area contributed by atoms with Crippen LogP contribution in [-0.2, 0) is 12.8 Å². The second kappa shape index (κ2) is 5.71. The fourth-order valence-corrected chi connectivity index (χ4v) is 2.86. The molecule has 0 bridgehead atoms. The van der Waals surface area contributed by atoms with Gasteiger partial charge >= 0.3 is 0 Å². The minimum Gasteiger partial charge on any atom is -0.387 e. The topological polar surface area (TPSA) is 46.0 Å². The molecule has 1 aromatic heterocycles. The van der Waals surface area contributed by atoms with Crippen LogP contribution in [0.25, 0.3) is 0 Å². The van der Waals surface area contributed by atoms with Crippen LogP contribution in [0, 0.1) is 0 Å². The van der Waals surface area contributed by atoms with Crippen LogP contribution in [0.4, 0.5) is 0 Å². The molecule has 0 aliphatic heterocycles. The lowest BCUT2D eigenvalue weighted by molar-refractivity contribution is 0.181. The Morgan fingerprint density at radius 2 is 2.29 bits per heavy atom. The maximum atomic E-state index is 10.2. The van der Waals surface area contributed by atoms with E-state index in [1.807, 2.05) is 31.2 Å². The number of nitrogens with zero attached hydrogens (tertiary/aromatic N) is 2. The average Bonchev–Trinajstić information content (AvgIpc) is 2.77. The monoisotopic (exact) mass is 312 g/mol. The number of aliphatic hydroxyl groups is 1. The smallest absolute Gasteiger partial charge is 0.0957 e. The van der Waals surface area contributed by atoms with Gasteiger partial charge in [0, 0.05) is 10.9 Å². The Morgan fingerprint density at radius 1 is 1.47 bits per heavy atom. The first-order valence-electron chi connectivity index (χ1n) is 5.44. The van der Waals surface area contributed by atoms with Gasteiger partial charge in [-0.3, -0.25) is 0 Å². The summed E-state index contributed by atoms with van der Waals surface area (Å²) in [5.74, 6) is 0. The van der Waals surface area contributed by atoms with Crippen molar-refractivity contribution in [2.75, 3.05) is 0 Å². The summed E-state index contributed by atoms with van der Waals surface area (Å²) in [6.07, 6.45) is 0.886. The van der Waals surface area contributed by atoms with E-state index >= 15 is 0 Å². The Morgan fingerprint density at radius 3 is 3.00 bits per heavy atom. The molecule has 0 amide bonds. The lowest BCUT2D eigenvalue weighted by Gasteiger charge is -2.09. The van der Waals surface area contributed by atoms with E-state index in [1.54, 1.807) is 0 Å². The molecule has 0 saturated heterocycles. The second-order valence-corrected chi connectivity index (χ2v) is 5.49. The fourth-order valence-electron chi connectivity index (χ4n) is 1.69. The van der Waals surface area contributed by atoms with Gasteiger partial charge < -0.3 is 5.11 Å². The zero-order valence-electron chi connectivity index (χ0n) is 9.43. The van der Waals surface area contributed by atoms with Crippen LogP contribution < -0.4 is 0 Å². The van der Waals surface area contributed by atoms with Gasteiger partial charge in [0.1, 0.15) is 0 Å². The third-order valence-corrected chi connectivity index (χ3v) is 3.90. The van der Waals surface area contributed by atoms with Gasteiger partial charge in [-0.05, 0) is 35.6 Å². The zero-order chi connectivity index (χ0) is 12.3. The maximum absolute atomic E-state index is 10.2. The van der Waals surface area contributed by atoms with Crippen molar-refractivity contribution in [3.63, 3.8) is 0 Å². The predicted octanol–water partition coefficient (Wildman–Crippen LogP) is 3.14. The minimum absolute atomic E-state index is 0.515. The maximum Gasteiger partial charge on any atom is 0.0957 e. The molecule has 5 heteroatoms. The summed E-state index contributed by atoms with van der Waals surface area (Å²) in [4.78, 5) is 0.882. The van der Waals surface area contributed by atoms with Gasteiger partial charge in [0.15, 0.2) is 0 Å². The molecule has 0 aliphatic rings. The SMILES string of the molecule is CCc1nnsc1C(O)Cc1cccc(Br)c1. The molecule has 0 fully saturated rings. The van der Waals surface area contributed by atoms with E-state index in [0.29, 0.717) is 6.42 Å². The van der Waals surface area contributed by atoms with Crippen LogP contribution in [0.15, 0.2) is 28.7 Å². The van der Waals surface area contributed by atoms with Crippen LogP contribution in [-0.4, -0.2) is 14.7 Å². The number of halogens is 1. The Labute approximate surface area is 113 Å². The van der Waals surface area contributed by atoms with Gasteiger partial charge in [0.25, 0.3) is 0 Å². The summed E-state index contributed by atoms with van der Waals surface area (Å²) in [5, 5.41) is 14.2. The molecule has 3 nitrogen and oxygen atoms in total. The first kappa shape index (κ1) is 12.7. The van der Waals surface area contributed by atoms with Crippen molar-refractivity contribution in [3.8, 4) is 0 Å². The molecule has 1 aromatic carbocycles. The van der Waals surface area contributed by atoms with Crippen molar-refractivity contribution in [2.45, 2.75) is 25.9 Å². The van der Waals surface area contributed by atoms with Crippen molar-refractivity contribution in [3.05, 3.63) is 44.9 Å². The molecule has 1 heterocycles. The molecule has 2 rings (SSSR count). The van der Waals surface area contributed by atoms with Crippen molar-refractivity contribution >= 4 is 27.5 Å². The normalized spacial score (nSPS) is 12.6. The first-order chi connectivity index (χ1) is 8.20. The molecule has 0 saturated carbocycles. The molecule has 1 unspecified atom stereocenters. The highest BCUT2D eigenvalue weighted by Gasteiger charge is 2.16. The number of benzene rings is 1. The van der Waals surface area contributed by atoms with E-state index < -0.39 is 6.10 Å². The van der Waals surface area contributed by atoms with Crippen molar-refractivity contribution in [1.29, 1.82) is 0 Å². The van der Waals surface area contributed by atoms with E-state index in [9.17, 15) is 5.11 Å². The van der Waals surface area contributed by atoms with Crippen molar-refractivity contribution < 1.29 is 5.11 Å². The summed E-state index contributed by atoms with van der Waals surface area (Å²) in [6.45, 7) is 2.02. The molecular formula is C12H13BrN2OS. The number of rotatable bonds is 4. The molecule has 0 aliphatic carbocycles. The Balaban J connectivity index is 2.14. The third-order valence-electron chi connectivity index (χ3n) is 2.54. The van der Waals surface area contributed by atoms with Crippen LogP contribution in [0.3, 0.4) is 0 Å². The van der Waals surface area contributed by atoms with Gasteiger partial charge in [0.2, 0.25) is 0 Å². The standard InChI is InChI=1S/C12H13BrN2OS/c1-2-10-12(17-15-14-10)11(16)7-8-4-3-5-9(13)6-8/h3-6,11,16H,2,7H2,1H3. The fraction of sp³-hybridized carbons (Fsp3) is 0.333. The van der Waals surface area contributed by atoms with Gasteiger partial charge in [-0.1, -0.05) is 39.5 Å². The Bertz CT molecular complexity index is 501. The number of hydrogen-bond donors (Lipinski definition) is 1. The molecule has 1 N–H and O–H groups in total. The summed E-state index contributed by atoms with van der Waals surface area (Å²) in [7, 11) is 0. The predicted molar refractivity (Wildman–Crippen MR) is 72.1 cm³/mol. The molecule has 0 radical (unpaired) electrons.